The van der Waals surface area contributed by atoms with E-state index >= 15 is 0 Å². The van der Waals surface area contributed by atoms with E-state index in [4.69, 9.17) is 11.6 Å². The molecule has 3 N–H and O–H groups in total. The molecule has 3 heterocycles. The topological polar surface area (TPSA) is 68.3 Å². The number of rotatable bonds is 5. The Kier molecular flexibility index (Phi) is 6.71. The van der Waals surface area contributed by atoms with Crippen molar-refractivity contribution in [1.29, 1.82) is 0 Å². The molecule has 2 saturated heterocycles. The minimum Gasteiger partial charge on any atom is -0.368 e. The summed E-state index contributed by atoms with van der Waals surface area (Å²) >= 11 is 6.59. The highest BCUT2D eigenvalue weighted by molar-refractivity contribution is 6.33. The van der Waals surface area contributed by atoms with Crippen LogP contribution in [0.4, 0.5) is 27.5 Å². The fraction of sp³-hybridized carbons (Fsp3) is 0.583. The molecule has 0 atom stereocenters. The van der Waals surface area contributed by atoms with Crippen LogP contribution in [0.1, 0.15) is 40.5 Å². The normalized spacial score (nSPS) is 21.1. The second-order valence-corrected chi connectivity index (χ2v) is 11.0. The summed E-state index contributed by atoms with van der Waals surface area (Å²) in [5.41, 5.74) is 1.69. The van der Waals surface area contributed by atoms with Crippen LogP contribution in [0.2, 0.25) is 5.02 Å². The van der Waals surface area contributed by atoms with Gasteiger partial charge in [0.25, 0.3) is 0 Å². The molecule has 33 heavy (non-hydrogen) atoms. The molecular weight excluding hydrogens is 441 g/mol. The quantitative estimate of drug-likeness (QED) is 0.588. The molecule has 2 aliphatic heterocycles. The third-order valence-electron chi connectivity index (χ3n) is 6.32. The fourth-order valence-electron chi connectivity index (χ4n) is 5.16. The molecule has 2 aliphatic rings. The molecule has 0 amide bonds. The van der Waals surface area contributed by atoms with E-state index in [0.29, 0.717) is 11.0 Å². The summed E-state index contributed by atoms with van der Waals surface area (Å²) in [5.74, 6) is 0.0825. The van der Waals surface area contributed by atoms with E-state index < -0.39 is 5.82 Å². The van der Waals surface area contributed by atoms with Gasteiger partial charge >= 0.3 is 0 Å². The van der Waals surface area contributed by atoms with E-state index in [1.54, 1.807) is 0 Å². The van der Waals surface area contributed by atoms with Gasteiger partial charge in [-0.1, -0.05) is 11.6 Å². The van der Waals surface area contributed by atoms with E-state index in [1.165, 1.54) is 6.20 Å². The number of benzene rings is 1. The Bertz CT molecular complexity index is 973. The number of halogens is 2. The molecule has 2 aromatic rings. The molecular formula is C24H35ClFN7. The molecule has 2 fully saturated rings. The van der Waals surface area contributed by atoms with Gasteiger partial charge in [-0.2, -0.15) is 4.98 Å². The number of piperidine rings is 1. The summed E-state index contributed by atoms with van der Waals surface area (Å²) in [7, 11) is 2.13. The van der Waals surface area contributed by atoms with E-state index in [1.807, 2.05) is 18.2 Å². The van der Waals surface area contributed by atoms with Gasteiger partial charge in [-0.15, -0.1) is 0 Å². The molecule has 1 aromatic heterocycles. The second kappa shape index (κ2) is 9.24. The van der Waals surface area contributed by atoms with Crippen LogP contribution in [0.3, 0.4) is 0 Å². The Hall–Kier alpha value is -2.16. The summed E-state index contributed by atoms with van der Waals surface area (Å²) in [6.07, 6.45) is 2.94. The Labute approximate surface area is 201 Å². The van der Waals surface area contributed by atoms with Crippen molar-refractivity contribution in [3.05, 3.63) is 35.2 Å². The van der Waals surface area contributed by atoms with Crippen molar-refractivity contribution in [3.8, 4) is 0 Å². The Balaban J connectivity index is 1.46. The summed E-state index contributed by atoms with van der Waals surface area (Å²) in [4.78, 5) is 13.2. The first kappa shape index (κ1) is 24.0. The van der Waals surface area contributed by atoms with Crippen LogP contribution in [0.15, 0.2) is 24.4 Å². The highest BCUT2D eigenvalue weighted by Gasteiger charge is 2.38. The van der Waals surface area contributed by atoms with Crippen molar-refractivity contribution in [2.24, 2.45) is 0 Å². The molecule has 0 radical (unpaired) electrons. The molecule has 4 rings (SSSR count). The lowest BCUT2D eigenvalue weighted by molar-refractivity contribution is 0.170. The van der Waals surface area contributed by atoms with Crippen LogP contribution >= 0.6 is 11.6 Å². The third-order valence-corrected chi connectivity index (χ3v) is 6.63. The van der Waals surface area contributed by atoms with E-state index in [-0.39, 0.29) is 22.9 Å². The number of hydrogen-bond donors (Lipinski definition) is 3. The highest BCUT2D eigenvalue weighted by atomic mass is 35.5. The van der Waals surface area contributed by atoms with Gasteiger partial charge in [-0.3, -0.25) is 0 Å². The smallest absolute Gasteiger partial charge is 0.229 e. The molecule has 0 unspecified atom stereocenters. The average Bonchev–Trinajstić information content (AvgIpc) is 2.69. The maximum atomic E-state index is 14.5. The first-order valence-corrected chi connectivity index (χ1v) is 12.0. The monoisotopic (exact) mass is 475 g/mol. The SMILES string of the molecule is CN1CCN(c2ccc(Nc3ncc(F)c(NC4CC(C)(C)NC(C)(C)C4)n3)cc2Cl)CC1. The zero-order valence-corrected chi connectivity index (χ0v) is 20.9. The van der Waals surface area contributed by atoms with Crippen molar-refractivity contribution in [2.75, 3.05) is 48.8 Å². The van der Waals surface area contributed by atoms with Crippen molar-refractivity contribution in [1.82, 2.24) is 20.2 Å². The molecule has 1 aromatic carbocycles. The summed E-state index contributed by atoms with van der Waals surface area (Å²) in [6, 6.07) is 5.94. The molecule has 0 saturated carbocycles. The minimum atomic E-state index is -0.460. The maximum Gasteiger partial charge on any atom is 0.229 e. The van der Waals surface area contributed by atoms with E-state index in [2.05, 4.69) is 70.5 Å². The van der Waals surface area contributed by atoms with Gasteiger partial charge in [-0.25, -0.2) is 9.37 Å². The van der Waals surface area contributed by atoms with Gasteiger partial charge in [0.2, 0.25) is 5.95 Å². The minimum absolute atomic E-state index is 0.0493. The van der Waals surface area contributed by atoms with Crippen LogP contribution in [-0.2, 0) is 0 Å². The van der Waals surface area contributed by atoms with E-state index in [9.17, 15) is 4.39 Å². The largest absolute Gasteiger partial charge is 0.368 e. The first-order valence-electron chi connectivity index (χ1n) is 11.6. The number of nitrogens with one attached hydrogen (secondary N) is 3. The maximum absolute atomic E-state index is 14.5. The standard InChI is InChI=1S/C24H35ClFN7/c1-23(2)13-17(14-24(3,4)31-23)28-21-19(26)15-27-22(30-21)29-16-6-7-20(18(25)12-16)33-10-8-32(5)9-11-33/h6-7,12,15,17,31H,8-11,13-14H2,1-5H3,(H2,27,28,29,30). The zero-order valence-electron chi connectivity index (χ0n) is 20.2. The number of anilines is 4. The van der Waals surface area contributed by atoms with Crippen molar-refractivity contribution in [3.63, 3.8) is 0 Å². The van der Waals surface area contributed by atoms with Crippen LogP contribution in [0.25, 0.3) is 0 Å². The number of likely N-dealkylation sites (N-methyl/N-ethyl adjacent to an activating group) is 1. The summed E-state index contributed by atoms with van der Waals surface area (Å²) < 4.78 is 14.5. The molecule has 180 valence electrons. The average molecular weight is 476 g/mol. The van der Waals surface area contributed by atoms with Gasteiger partial charge in [-0.05, 0) is 65.8 Å². The molecule has 0 aliphatic carbocycles. The van der Waals surface area contributed by atoms with Gasteiger partial charge in [0.05, 0.1) is 16.9 Å². The lowest BCUT2D eigenvalue weighted by Crippen LogP contribution is -2.60. The summed E-state index contributed by atoms with van der Waals surface area (Å²) in [5, 5.41) is 10.8. The fourth-order valence-corrected chi connectivity index (χ4v) is 5.46. The summed E-state index contributed by atoms with van der Waals surface area (Å²) in [6.45, 7) is 12.6. The van der Waals surface area contributed by atoms with Gasteiger partial charge in [0, 0.05) is 49.0 Å². The van der Waals surface area contributed by atoms with Gasteiger partial charge < -0.3 is 25.8 Å². The molecule has 9 heteroatoms. The first-order chi connectivity index (χ1) is 15.5. The van der Waals surface area contributed by atoms with Crippen LogP contribution in [-0.4, -0.2) is 65.2 Å². The lowest BCUT2D eigenvalue weighted by atomic mass is 9.79. The Morgan fingerprint density at radius 2 is 1.76 bits per heavy atom. The second-order valence-electron chi connectivity index (χ2n) is 10.6. The molecule has 0 spiro atoms. The lowest BCUT2D eigenvalue weighted by Gasteiger charge is -2.46. The highest BCUT2D eigenvalue weighted by Crippen LogP contribution is 2.32. The van der Waals surface area contributed by atoms with Crippen molar-refractivity contribution < 1.29 is 4.39 Å². The van der Waals surface area contributed by atoms with Crippen molar-refractivity contribution >= 4 is 34.7 Å². The van der Waals surface area contributed by atoms with Crippen LogP contribution in [0.5, 0.6) is 0 Å². The van der Waals surface area contributed by atoms with Crippen molar-refractivity contribution in [2.45, 2.75) is 57.7 Å². The number of nitrogens with zero attached hydrogens (tertiary/aromatic N) is 4. The number of aromatic nitrogens is 2. The predicted molar refractivity (Wildman–Crippen MR) is 134 cm³/mol. The Morgan fingerprint density at radius 3 is 2.39 bits per heavy atom. The van der Waals surface area contributed by atoms with Gasteiger partial charge in [0.1, 0.15) is 0 Å². The predicted octanol–water partition coefficient (Wildman–Crippen LogP) is 4.49. The molecule has 7 nitrogen and oxygen atoms in total. The van der Waals surface area contributed by atoms with Crippen LogP contribution in [0, 0.1) is 5.82 Å². The molecule has 0 bridgehead atoms. The number of hydrogen-bond acceptors (Lipinski definition) is 7. The van der Waals surface area contributed by atoms with Gasteiger partial charge in [0.15, 0.2) is 11.6 Å². The van der Waals surface area contributed by atoms with Crippen LogP contribution < -0.4 is 20.9 Å². The Morgan fingerprint density at radius 1 is 1.09 bits per heavy atom. The number of piperazine rings is 1. The zero-order chi connectivity index (χ0) is 23.8. The van der Waals surface area contributed by atoms with E-state index in [0.717, 1.165) is 50.4 Å². The third kappa shape index (κ3) is 6.05.